The molecular weight excluding hydrogens is 155 g/mol. The van der Waals surface area contributed by atoms with Gasteiger partial charge in [-0.3, -0.25) is 4.99 Å². The summed E-state index contributed by atoms with van der Waals surface area (Å²) < 4.78 is 36.0. The van der Waals surface area contributed by atoms with Crippen LogP contribution in [-0.4, -0.2) is 18.4 Å². The summed E-state index contributed by atoms with van der Waals surface area (Å²) in [7, 11) is 0. The standard InChI is InChI=1S/C7H8F3N/c1-5-4-6(2-3-11-5)7(8,9)10/h4H,2-3H2,1H3. The number of allylic oxidation sites excluding steroid dienone is 1. The Balaban J connectivity index is 2.82. The molecule has 0 fully saturated rings. The quantitative estimate of drug-likeness (QED) is 0.519. The summed E-state index contributed by atoms with van der Waals surface area (Å²) >= 11 is 0. The van der Waals surface area contributed by atoms with E-state index in [9.17, 15) is 13.2 Å². The van der Waals surface area contributed by atoms with E-state index in [1.165, 1.54) is 0 Å². The Hall–Kier alpha value is -0.800. The molecule has 0 aromatic rings. The zero-order valence-electron chi connectivity index (χ0n) is 6.07. The summed E-state index contributed by atoms with van der Waals surface area (Å²) in [6, 6.07) is 0. The Bertz CT molecular complexity index is 212. The molecule has 0 saturated heterocycles. The lowest BCUT2D eigenvalue weighted by Gasteiger charge is -2.13. The summed E-state index contributed by atoms with van der Waals surface area (Å²) in [4.78, 5) is 3.83. The van der Waals surface area contributed by atoms with E-state index < -0.39 is 11.7 Å². The summed E-state index contributed by atoms with van der Waals surface area (Å²) in [6.45, 7) is 1.84. The van der Waals surface area contributed by atoms with Gasteiger partial charge in [0, 0.05) is 17.8 Å². The van der Waals surface area contributed by atoms with Crippen molar-refractivity contribution >= 4 is 5.71 Å². The molecule has 1 heterocycles. The number of aliphatic imine (C=N–C) groups is 1. The number of hydrogen-bond donors (Lipinski definition) is 0. The Labute approximate surface area is 62.6 Å². The van der Waals surface area contributed by atoms with Crippen molar-refractivity contribution in [3.05, 3.63) is 11.6 Å². The predicted molar refractivity (Wildman–Crippen MR) is 36.7 cm³/mol. The molecule has 0 aromatic carbocycles. The van der Waals surface area contributed by atoms with Crippen LogP contribution in [-0.2, 0) is 0 Å². The lowest BCUT2D eigenvalue weighted by Crippen LogP contribution is -2.16. The van der Waals surface area contributed by atoms with Crippen molar-refractivity contribution in [1.82, 2.24) is 0 Å². The lowest BCUT2D eigenvalue weighted by molar-refractivity contribution is -0.0937. The van der Waals surface area contributed by atoms with Gasteiger partial charge in [-0.25, -0.2) is 0 Å². The highest BCUT2D eigenvalue weighted by molar-refractivity contribution is 5.94. The van der Waals surface area contributed by atoms with Gasteiger partial charge in [0.25, 0.3) is 0 Å². The zero-order chi connectivity index (χ0) is 8.48. The van der Waals surface area contributed by atoms with Gasteiger partial charge in [-0.2, -0.15) is 13.2 Å². The highest BCUT2D eigenvalue weighted by atomic mass is 19.4. The second kappa shape index (κ2) is 2.68. The zero-order valence-corrected chi connectivity index (χ0v) is 6.07. The van der Waals surface area contributed by atoms with Crippen LogP contribution in [0.1, 0.15) is 13.3 Å². The number of dihydropyridines is 1. The molecule has 0 radical (unpaired) electrons. The van der Waals surface area contributed by atoms with Crippen molar-refractivity contribution < 1.29 is 13.2 Å². The van der Waals surface area contributed by atoms with E-state index in [2.05, 4.69) is 4.99 Å². The molecule has 1 rings (SSSR count). The molecule has 0 N–H and O–H groups in total. The van der Waals surface area contributed by atoms with Crippen molar-refractivity contribution in [2.75, 3.05) is 6.54 Å². The molecule has 1 aliphatic heterocycles. The van der Waals surface area contributed by atoms with Gasteiger partial charge in [-0.05, 0) is 19.4 Å². The molecule has 0 aromatic heterocycles. The first-order valence-corrected chi connectivity index (χ1v) is 3.29. The van der Waals surface area contributed by atoms with E-state index in [4.69, 9.17) is 0 Å². The molecular formula is C7H8F3N. The summed E-state index contributed by atoms with van der Waals surface area (Å²) in [6.07, 6.45) is -3.05. The van der Waals surface area contributed by atoms with Crippen LogP contribution in [0.4, 0.5) is 13.2 Å². The summed E-state index contributed by atoms with van der Waals surface area (Å²) in [5.41, 5.74) is -0.00595. The molecule has 1 aliphatic rings. The second-order valence-electron chi connectivity index (χ2n) is 2.44. The molecule has 11 heavy (non-hydrogen) atoms. The second-order valence-corrected chi connectivity index (χ2v) is 2.44. The normalized spacial score (nSPS) is 19.3. The first-order chi connectivity index (χ1) is 5.00. The minimum atomic E-state index is -4.17. The van der Waals surface area contributed by atoms with Crippen LogP contribution >= 0.6 is 0 Å². The Morgan fingerprint density at radius 3 is 2.45 bits per heavy atom. The Kier molecular flexibility index (Phi) is 2.02. The highest BCUT2D eigenvalue weighted by Gasteiger charge is 2.33. The maximum atomic E-state index is 12.0. The van der Waals surface area contributed by atoms with E-state index >= 15 is 0 Å². The average Bonchev–Trinajstić information content (AvgIpc) is 1.86. The van der Waals surface area contributed by atoms with Crippen LogP contribution in [0.5, 0.6) is 0 Å². The third kappa shape index (κ3) is 2.06. The molecule has 0 unspecified atom stereocenters. The minimum absolute atomic E-state index is 0.0147. The first-order valence-electron chi connectivity index (χ1n) is 3.29. The molecule has 0 saturated carbocycles. The van der Waals surface area contributed by atoms with Gasteiger partial charge in [0.1, 0.15) is 0 Å². The van der Waals surface area contributed by atoms with Crippen molar-refractivity contribution in [2.24, 2.45) is 4.99 Å². The molecule has 0 spiro atoms. The van der Waals surface area contributed by atoms with Gasteiger partial charge in [-0.1, -0.05) is 0 Å². The monoisotopic (exact) mass is 163 g/mol. The molecule has 0 amide bonds. The predicted octanol–water partition coefficient (Wildman–Crippen LogP) is 2.34. The fourth-order valence-electron chi connectivity index (χ4n) is 0.946. The number of alkyl halides is 3. The first kappa shape index (κ1) is 8.30. The van der Waals surface area contributed by atoms with Gasteiger partial charge in [0.2, 0.25) is 0 Å². The Morgan fingerprint density at radius 2 is 2.09 bits per heavy atom. The van der Waals surface area contributed by atoms with Crippen LogP contribution in [0.2, 0.25) is 0 Å². The molecule has 1 nitrogen and oxygen atoms in total. The van der Waals surface area contributed by atoms with Crippen molar-refractivity contribution in [3.8, 4) is 0 Å². The van der Waals surface area contributed by atoms with Crippen LogP contribution in [0.15, 0.2) is 16.6 Å². The van der Waals surface area contributed by atoms with Crippen LogP contribution in [0.3, 0.4) is 0 Å². The molecule has 0 atom stereocenters. The molecule has 4 heteroatoms. The number of hydrogen-bond acceptors (Lipinski definition) is 1. The van der Waals surface area contributed by atoms with Crippen molar-refractivity contribution in [3.63, 3.8) is 0 Å². The number of rotatable bonds is 0. The van der Waals surface area contributed by atoms with E-state index in [0.29, 0.717) is 5.71 Å². The van der Waals surface area contributed by atoms with E-state index in [-0.39, 0.29) is 13.0 Å². The Morgan fingerprint density at radius 1 is 1.45 bits per heavy atom. The fourth-order valence-corrected chi connectivity index (χ4v) is 0.946. The van der Waals surface area contributed by atoms with Gasteiger partial charge in [-0.15, -0.1) is 0 Å². The highest BCUT2D eigenvalue weighted by Crippen LogP contribution is 2.29. The molecule has 62 valence electrons. The maximum absolute atomic E-state index is 12.0. The topological polar surface area (TPSA) is 12.4 Å². The average molecular weight is 163 g/mol. The van der Waals surface area contributed by atoms with Gasteiger partial charge >= 0.3 is 6.18 Å². The molecule has 0 bridgehead atoms. The van der Waals surface area contributed by atoms with Crippen molar-refractivity contribution in [1.29, 1.82) is 0 Å². The summed E-state index contributed by atoms with van der Waals surface area (Å²) in [5.74, 6) is 0. The smallest absolute Gasteiger partial charge is 0.290 e. The third-order valence-electron chi connectivity index (χ3n) is 1.49. The lowest BCUT2D eigenvalue weighted by atomic mass is 10.1. The van der Waals surface area contributed by atoms with E-state index in [0.717, 1.165) is 6.08 Å². The van der Waals surface area contributed by atoms with Gasteiger partial charge < -0.3 is 0 Å². The van der Waals surface area contributed by atoms with Crippen LogP contribution in [0, 0.1) is 0 Å². The fraction of sp³-hybridized carbons (Fsp3) is 0.571. The third-order valence-corrected chi connectivity index (χ3v) is 1.49. The number of nitrogens with zero attached hydrogens (tertiary/aromatic N) is 1. The van der Waals surface area contributed by atoms with E-state index in [1.54, 1.807) is 6.92 Å². The maximum Gasteiger partial charge on any atom is 0.412 e. The summed E-state index contributed by atoms with van der Waals surface area (Å²) in [5, 5.41) is 0. The van der Waals surface area contributed by atoms with Crippen molar-refractivity contribution in [2.45, 2.75) is 19.5 Å². The van der Waals surface area contributed by atoms with E-state index in [1.807, 2.05) is 0 Å². The van der Waals surface area contributed by atoms with Crippen LogP contribution < -0.4 is 0 Å². The van der Waals surface area contributed by atoms with Crippen LogP contribution in [0.25, 0.3) is 0 Å². The SMILES string of the molecule is CC1=NCCC(C(F)(F)F)=C1. The number of halogens is 3. The largest absolute Gasteiger partial charge is 0.412 e. The minimum Gasteiger partial charge on any atom is -0.290 e. The van der Waals surface area contributed by atoms with Gasteiger partial charge in [0.15, 0.2) is 0 Å². The van der Waals surface area contributed by atoms with Gasteiger partial charge in [0.05, 0.1) is 0 Å². The molecule has 0 aliphatic carbocycles.